The highest BCUT2D eigenvalue weighted by Gasteiger charge is 2.41. The molecule has 1 fully saturated rings. The molecule has 0 N–H and O–H groups in total. The number of hydrogen-bond donors (Lipinski definition) is 0. The molecule has 1 aromatic heterocycles. The molecule has 2 aromatic rings. The van der Waals surface area contributed by atoms with Gasteiger partial charge in [-0.25, -0.2) is 4.79 Å². The molecule has 2 heterocycles. The molecule has 1 aromatic carbocycles. The maximum atomic E-state index is 12.7. The van der Waals surface area contributed by atoms with Gasteiger partial charge < -0.3 is 9.30 Å². The van der Waals surface area contributed by atoms with Crippen LogP contribution in [0, 0.1) is 13.8 Å². The van der Waals surface area contributed by atoms with Crippen molar-refractivity contribution >= 4 is 35.0 Å². The molecule has 0 aliphatic carbocycles. The molecule has 2 amide bonds. The van der Waals surface area contributed by atoms with Crippen molar-refractivity contribution in [3.63, 3.8) is 0 Å². The average molecular weight is 413 g/mol. The number of aryl methyl sites for hydroxylation is 2. The van der Waals surface area contributed by atoms with Crippen molar-refractivity contribution in [3.8, 4) is 5.69 Å². The second-order valence-corrected chi connectivity index (χ2v) is 7.93. The summed E-state index contributed by atoms with van der Waals surface area (Å²) in [4.78, 5) is 38.0. The van der Waals surface area contributed by atoms with Crippen molar-refractivity contribution in [2.75, 3.05) is 7.11 Å². The van der Waals surface area contributed by atoms with Crippen molar-refractivity contribution in [2.24, 2.45) is 0 Å². The average Bonchev–Trinajstić information content (AvgIpc) is 3.15. The van der Waals surface area contributed by atoms with E-state index in [0.29, 0.717) is 4.91 Å². The Morgan fingerprint density at radius 2 is 1.86 bits per heavy atom. The number of hydrogen-bond acceptors (Lipinski definition) is 5. The molecule has 1 aliphatic heterocycles. The Morgan fingerprint density at radius 1 is 1.21 bits per heavy atom. The topological polar surface area (TPSA) is 68.6 Å². The summed E-state index contributed by atoms with van der Waals surface area (Å²) >= 11 is 0.839. The van der Waals surface area contributed by atoms with Crippen molar-refractivity contribution < 1.29 is 19.1 Å². The number of rotatable bonds is 5. The van der Waals surface area contributed by atoms with Gasteiger partial charge in [0, 0.05) is 17.1 Å². The number of ether oxygens (including phenoxy) is 1. The summed E-state index contributed by atoms with van der Waals surface area (Å²) in [6, 6.07) is 9.40. The van der Waals surface area contributed by atoms with E-state index in [2.05, 4.69) is 40.5 Å². The van der Waals surface area contributed by atoms with Crippen LogP contribution in [0.4, 0.5) is 4.79 Å². The largest absolute Gasteiger partial charge is 0.467 e. The molecule has 6 nitrogen and oxygen atoms in total. The van der Waals surface area contributed by atoms with Crippen molar-refractivity contribution in [1.82, 2.24) is 9.47 Å². The highest BCUT2D eigenvalue weighted by Crippen LogP contribution is 2.35. The van der Waals surface area contributed by atoms with Crippen LogP contribution >= 0.6 is 11.8 Å². The standard InChI is InChI=1S/C22H24N2O4S/c1-6-16-7-9-18(10-8-16)23-13(2)11-17(14(23)3)12-19-20(25)24(22(27)29-19)15(4)21(26)28-5/h7-12,15H,6H2,1-5H3/b19-12-/t15-/m0/s1. The molecule has 29 heavy (non-hydrogen) atoms. The van der Waals surface area contributed by atoms with Gasteiger partial charge in [-0.1, -0.05) is 19.1 Å². The molecular formula is C22H24N2O4S. The van der Waals surface area contributed by atoms with Crippen LogP contribution in [0.25, 0.3) is 11.8 Å². The lowest BCUT2D eigenvalue weighted by Crippen LogP contribution is -2.42. The highest BCUT2D eigenvalue weighted by atomic mass is 32.2. The first-order valence-corrected chi connectivity index (χ1v) is 10.2. The summed E-state index contributed by atoms with van der Waals surface area (Å²) in [5, 5.41) is -0.469. The number of imide groups is 1. The zero-order valence-corrected chi connectivity index (χ0v) is 18.0. The summed E-state index contributed by atoms with van der Waals surface area (Å²) in [6.45, 7) is 7.58. The van der Waals surface area contributed by atoms with Gasteiger partial charge in [-0.05, 0) is 74.4 Å². The third-order valence-electron chi connectivity index (χ3n) is 5.11. The fraction of sp³-hybridized carbons (Fsp3) is 0.318. The minimum Gasteiger partial charge on any atom is -0.467 e. The van der Waals surface area contributed by atoms with Crippen molar-refractivity contribution in [2.45, 2.75) is 40.2 Å². The Balaban J connectivity index is 1.94. The van der Waals surface area contributed by atoms with E-state index in [4.69, 9.17) is 0 Å². The van der Waals surface area contributed by atoms with E-state index in [1.807, 2.05) is 19.9 Å². The summed E-state index contributed by atoms with van der Waals surface area (Å²) in [5.41, 5.74) is 5.17. The SMILES string of the molecule is CCc1ccc(-n2c(C)cc(/C=C3\SC(=O)N([C@@H](C)C(=O)OC)C3=O)c2C)cc1. The van der Waals surface area contributed by atoms with Crippen molar-refractivity contribution in [1.29, 1.82) is 0 Å². The fourth-order valence-corrected chi connectivity index (χ4v) is 4.34. The van der Waals surface area contributed by atoms with Crippen LogP contribution in [0.3, 0.4) is 0 Å². The number of benzene rings is 1. The second-order valence-electron chi connectivity index (χ2n) is 6.93. The Labute approximate surface area is 174 Å². The van der Waals surface area contributed by atoms with Gasteiger partial charge >= 0.3 is 5.97 Å². The first-order chi connectivity index (χ1) is 13.8. The third-order valence-corrected chi connectivity index (χ3v) is 6.00. The first kappa shape index (κ1) is 20.9. The Kier molecular flexibility index (Phi) is 5.98. The lowest BCUT2D eigenvalue weighted by atomic mass is 10.1. The van der Waals surface area contributed by atoms with Gasteiger partial charge in [-0.3, -0.25) is 14.5 Å². The number of carbonyl (C=O) groups is 3. The zero-order valence-electron chi connectivity index (χ0n) is 17.2. The minimum absolute atomic E-state index is 0.298. The molecule has 0 radical (unpaired) electrons. The maximum absolute atomic E-state index is 12.7. The molecule has 1 atom stereocenters. The zero-order chi connectivity index (χ0) is 21.3. The van der Waals surface area contributed by atoms with Gasteiger partial charge in [-0.15, -0.1) is 0 Å². The number of amides is 2. The molecular weight excluding hydrogens is 388 g/mol. The van der Waals surface area contributed by atoms with E-state index in [9.17, 15) is 14.4 Å². The third kappa shape index (κ3) is 3.87. The first-order valence-electron chi connectivity index (χ1n) is 9.41. The van der Waals surface area contributed by atoms with Crippen LogP contribution in [0.5, 0.6) is 0 Å². The van der Waals surface area contributed by atoms with Gasteiger partial charge in [0.2, 0.25) is 0 Å². The minimum atomic E-state index is -0.956. The molecule has 0 bridgehead atoms. The van der Waals surface area contributed by atoms with Crippen LogP contribution in [-0.2, 0) is 20.7 Å². The predicted octanol–water partition coefficient (Wildman–Crippen LogP) is 4.25. The van der Waals surface area contributed by atoms with Crippen LogP contribution in [0.2, 0.25) is 0 Å². The molecule has 0 spiro atoms. The smallest absolute Gasteiger partial charge is 0.328 e. The second kappa shape index (κ2) is 8.29. The van der Waals surface area contributed by atoms with Gasteiger partial charge in [-0.2, -0.15) is 0 Å². The molecule has 0 saturated carbocycles. The molecule has 152 valence electrons. The molecule has 1 saturated heterocycles. The number of carbonyl (C=O) groups excluding carboxylic acids is 3. The van der Waals surface area contributed by atoms with Crippen LogP contribution in [0.1, 0.15) is 36.4 Å². The van der Waals surface area contributed by atoms with E-state index in [1.165, 1.54) is 19.6 Å². The lowest BCUT2D eigenvalue weighted by Gasteiger charge is -2.18. The summed E-state index contributed by atoms with van der Waals surface area (Å²) in [7, 11) is 1.23. The molecule has 3 rings (SSSR count). The van der Waals surface area contributed by atoms with Crippen LogP contribution in [0.15, 0.2) is 35.2 Å². The predicted molar refractivity (Wildman–Crippen MR) is 114 cm³/mol. The van der Waals surface area contributed by atoms with Gasteiger partial charge in [0.05, 0.1) is 12.0 Å². The Morgan fingerprint density at radius 3 is 2.45 bits per heavy atom. The number of esters is 1. The summed E-state index contributed by atoms with van der Waals surface area (Å²) in [5.74, 6) is -1.10. The fourth-order valence-electron chi connectivity index (χ4n) is 3.44. The Hall–Kier alpha value is -2.80. The monoisotopic (exact) mass is 412 g/mol. The molecule has 1 aliphatic rings. The lowest BCUT2D eigenvalue weighted by molar-refractivity contribution is -0.148. The highest BCUT2D eigenvalue weighted by molar-refractivity contribution is 8.18. The van der Waals surface area contributed by atoms with Gasteiger partial charge in [0.15, 0.2) is 0 Å². The van der Waals surface area contributed by atoms with E-state index in [-0.39, 0.29) is 0 Å². The number of methoxy groups -OCH3 is 1. The van der Waals surface area contributed by atoms with Gasteiger partial charge in [0.1, 0.15) is 6.04 Å². The number of aromatic nitrogens is 1. The van der Waals surface area contributed by atoms with Crippen molar-refractivity contribution in [3.05, 3.63) is 57.8 Å². The summed E-state index contributed by atoms with van der Waals surface area (Å²) < 4.78 is 6.78. The number of nitrogens with zero attached hydrogens (tertiary/aromatic N) is 2. The van der Waals surface area contributed by atoms with E-state index >= 15 is 0 Å². The molecule has 7 heteroatoms. The van der Waals surface area contributed by atoms with E-state index in [0.717, 1.165) is 45.7 Å². The summed E-state index contributed by atoms with van der Waals surface area (Å²) in [6.07, 6.45) is 2.70. The van der Waals surface area contributed by atoms with E-state index in [1.54, 1.807) is 6.08 Å². The van der Waals surface area contributed by atoms with E-state index < -0.39 is 23.2 Å². The quantitative estimate of drug-likeness (QED) is 0.542. The molecule has 0 unspecified atom stereocenters. The Bertz CT molecular complexity index is 1000. The van der Waals surface area contributed by atoms with Crippen LogP contribution in [-0.4, -0.2) is 39.7 Å². The normalized spacial score (nSPS) is 16.6. The number of thioether (sulfide) groups is 1. The van der Waals surface area contributed by atoms with Gasteiger partial charge in [0.25, 0.3) is 11.1 Å². The maximum Gasteiger partial charge on any atom is 0.328 e. The van der Waals surface area contributed by atoms with Crippen LogP contribution < -0.4 is 0 Å².